The van der Waals surface area contributed by atoms with E-state index in [-0.39, 0.29) is 29.7 Å². The number of aliphatic imine (C=N–C) groups is 1. The standard InChI is InChI=1S/C19H24N4O3.HI/c1-3-12-20-19(22-14-16-6-4-5-7-18(16)26-2)21-13-15-8-10-17(11-9-15)23(24)25;/h4-11H,3,12-14H2,1-2H3,(H2,20,21,22);1H. The van der Waals surface area contributed by atoms with Gasteiger partial charge in [0, 0.05) is 30.8 Å². The van der Waals surface area contributed by atoms with Gasteiger partial charge in [0.25, 0.3) is 5.69 Å². The molecule has 0 aromatic heterocycles. The van der Waals surface area contributed by atoms with Gasteiger partial charge in [-0.15, -0.1) is 24.0 Å². The minimum Gasteiger partial charge on any atom is -0.496 e. The van der Waals surface area contributed by atoms with Crippen LogP contribution in [-0.4, -0.2) is 24.5 Å². The summed E-state index contributed by atoms with van der Waals surface area (Å²) < 4.78 is 5.36. The van der Waals surface area contributed by atoms with Gasteiger partial charge in [-0.05, 0) is 18.1 Å². The fourth-order valence-electron chi connectivity index (χ4n) is 2.34. The second kappa shape index (κ2) is 12.1. The van der Waals surface area contributed by atoms with Gasteiger partial charge in [0.15, 0.2) is 5.96 Å². The van der Waals surface area contributed by atoms with E-state index in [1.54, 1.807) is 19.2 Å². The van der Waals surface area contributed by atoms with E-state index >= 15 is 0 Å². The van der Waals surface area contributed by atoms with Crippen LogP contribution in [0.5, 0.6) is 5.75 Å². The van der Waals surface area contributed by atoms with Crippen LogP contribution in [0, 0.1) is 10.1 Å². The molecule has 0 aliphatic heterocycles. The van der Waals surface area contributed by atoms with E-state index < -0.39 is 4.92 Å². The first-order valence-electron chi connectivity index (χ1n) is 8.51. The molecule has 0 bridgehead atoms. The van der Waals surface area contributed by atoms with Gasteiger partial charge < -0.3 is 15.4 Å². The number of methoxy groups -OCH3 is 1. The third-order valence-corrected chi connectivity index (χ3v) is 3.75. The molecule has 0 radical (unpaired) electrons. The number of hydrogen-bond donors (Lipinski definition) is 2. The van der Waals surface area contributed by atoms with Gasteiger partial charge in [-0.3, -0.25) is 10.1 Å². The topological polar surface area (TPSA) is 88.8 Å². The Morgan fingerprint density at radius 1 is 1.15 bits per heavy atom. The SMILES string of the molecule is CCCNC(=NCc1ccc([N+](=O)[O-])cc1)NCc1ccccc1OC.I. The smallest absolute Gasteiger partial charge is 0.269 e. The molecule has 27 heavy (non-hydrogen) atoms. The third-order valence-electron chi connectivity index (χ3n) is 3.75. The fraction of sp³-hybridized carbons (Fsp3) is 0.316. The maximum atomic E-state index is 10.7. The van der Waals surface area contributed by atoms with E-state index in [1.807, 2.05) is 24.3 Å². The number of guanidine groups is 1. The number of ether oxygens (including phenoxy) is 1. The van der Waals surface area contributed by atoms with Gasteiger partial charge in [0.2, 0.25) is 0 Å². The second-order valence-corrected chi connectivity index (χ2v) is 5.68. The summed E-state index contributed by atoms with van der Waals surface area (Å²) in [4.78, 5) is 14.9. The summed E-state index contributed by atoms with van der Waals surface area (Å²) in [5, 5.41) is 17.3. The van der Waals surface area contributed by atoms with Crippen LogP contribution in [0.3, 0.4) is 0 Å². The zero-order valence-electron chi connectivity index (χ0n) is 15.5. The summed E-state index contributed by atoms with van der Waals surface area (Å²) in [6.45, 7) is 3.90. The number of hydrogen-bond acceptors (Lipinski definition) is 4. The highest BCUT2D eigenvalue weighted by molar-refractivity contribution is 14.0. The lowest BCUT2D eigenvalue weighted by Gasteiger charge is -2.14. The molecule has 0 saturated carbocycles. The lowest BCUT2D eigenvalue weighted by molar-refractivity contribution is -0.384. The average molecular weight is 484 g/mol. The summed E-state index contributed by atoms with van der Waals surface area (Å²) in [5.41, 5.74) is 2.03. The number of nitrogens with one attached hydrogen (secondary N) is 2. The fourth-order valence-corrected chi connectivity index (χ4v) is 2.34. The number of rotatable bonds is 8. The molecule has 2 aromatic rings. The van der Waals surface area contributed by atoms with Crippen LogP contribution < -0.4 is 15.4 Å². The lowest BCUT2D eigenvalue weighted by Crippen LogP contribution is -2.37. The molecule has 2 aromatic carbocycles. The first kappa shape index (κ1) is 22.7. The van der Waals surface area contributed by atoms with Crippen molar-refractivity contribution in [2.75, 3.05) is 13.7 Å². The van der Waals surface area contributed by atoms with Crippen molar-refractivity contribution in [3.63, 3.8) is 0 Å². The molecule has 0 saturated heterocycles. The second-order valence-electron chi connectivity index (χ2n) is 5.68. The van der Waals surface area contributed by atoms with Crippen LogP contribution in [0.25, 0.3) is 0 Å². The highest BCUT2D eigenvalue weighted by Crippen LogP contribution is 2.16. The van der Waals surface area contributed by atoms with Crippen molar-refractivity contribution in [1.29, 1.82) is 0 Å². The Balaban J connectivity index is 0.00000364. The Labute approximate surface area is 176 Å². The van der Waals surface area contributed by atoms with Crippen molar-refractivity contribution in [2.24, 2.45) is 4.99 Å². The minimum atomic E-state index is -0.407. The molecule has 0 heterocycles. The highest BCUT2D eigenvalue weighted by Gasteiger charge is 2.05. The molecule has 2 N–H and O–H groups in total. The molecule has 2 rings (SSSR count). The molecular weight excluding hydrogens is 459 g/mol. The number of nitro groups is 1. The van der Waals surface area contributed by atoms with Crippen molar-refractivity contribution in [3.8, 4) is 5.75 Å². The summed E-state index contributed by atoms with van der Waals surface area (Å²) in [5.74, 6) is 1.52. The molecule has 0 aliphatic rings. The molecule has 0 amide bonds. The summed E-state index contributed by atoms with van der Waals surface area (Å²) >= 11 is 0. The first-order valence-corrected chi connectivity index (χ1v) is 8.51. The number of non-ortho nitro benzene ring substituents is 1. The maximum Gasteiger partial charge on any atom is 0.269 e. The highest BCUT2D eigenvalue weighted by atomic mass is 127. The van der Waals surface area contributed by atoms with Crippen molar-refractivity contribution in [2.45, 2.75) is 26.4 Å². The summed E-state index contributed by atoms with van der Waals surface area (Å²) in [6.07, 6.45) is 0.979. The Morgan fingerprint density at radius 3 is 2.48 bits per heavy atom. The summed E-state index contributed by atoms with van der Waals surface area (Å²) in [7, 11) is 1.65. The Hall–Kier alpha value is -2.36. The monoisotopic (exact) mass is 484 g/mol. The lowest BCUT2D eigenvalue weighted by atomic mass is 10.2. The zero-order valence-corrected chi connectivity index (χ0v) is 17.8. The zero-order chi connectivity index (χ0) is 18.8. The quantitative estimate of drug-likeness (QED) is 0.195. The van der Waals surface area contributed by atoms with Crippen LogP contribution in [0.2, 0.25) is 0 Å². The largest absolute Gasteiger partial charge is 0.496 e. The molecule has 146 valence electrons. The maximum absolute atomic E-state index is 10.7. The molecule has 0 fully saturated rings. The van der Waals surface area contributed by atoms with Crippen LogP contribution in [0.15, 0.2) is 53.5 Å². The van der Waals surface area contributed by atoms with Gasteiger partial charge in [-0.25, -0.2) is 4.99 Å². The molecule has 0 aliphatic carbocycles. The van der Waals surface area contributed by atoms with E-state index in [0.717, 1.165) is 29.8 Å². The van der Waals surface area contributed by atoms with Crippen LogP contribution in [0.4, 0.5) is 5.69 Å². The van der Waals surface area contributed by atoms with Crippen LogP contribution >= 0.6 is 24.0 Å². The van der Waals surface area contributed by atoms with Gasteiger partial charge in [-0.2, -0.15) is 0 Å². The number of halogens is 1. The Bertz CT molecular complexity index is 751. The van der Waals surface area contributed by atoms with E-state index in [1.165, 1.54) is 12.1 Å². The van der Waals surface area contributed by atoms with Crippen molar-refractivity contribution < 1.29 is 9.66 Å². The molecule has 0 spiro atoms. The predicted molar refractivity (Wildman–Crippen MR) is 118 cm³/mol. The van der Waals surface area contributed by atoms with E-state index in [0.29, 0.717) is 19.0 Å². The first-order chi connectivity index (χ1) is 12.6. The van der Waals surface area contributed by atoms with Gasteiger partial charge >= 0.3 is 0 Å². The van der Waals surface area contributed by atoms with E-state index in [4.69, 9.17) is 4.74 Å². The molecular formula is C19H25IN4O3. The average Bonchev–Trinajstić information content (AvgIpc) is 2.68. The molecule has 8 heteroatoms. The third kappa shape index (κ3) is 7.41. The number of nitro benzene ring substituents is 1. The molecule has 7 nitrogen and oxygen atoms in total. The van der Waals surface area contributed by atoms with E-state index in [2.05, 4.69) is 22.5 Å². The Morgan fingerprint density at radius 2 is 1.85 bits per heavy atom. The van der Waals surface area contributed by atoms with Crippen molar-refractivity contribution in [3.05, 3.63) is 69.8 Å². The van der Waals surface area contributed by atoms with Crippen molar-refractivity contribution in [1.82, 2.24) is 10.6 Å². The minimum absolute atomic E-state index is 0. The molecule has 0 unspecified atom stereocenters. The number of benzene rings is 2. The normalized spacial score (nSPS) is 10.7. The van der Waals surface area contributed by atoms with E-state index in [9.17, 15) is 10.1 Å². The van der Waals surface area contributed by atoms with Gasteiger partial charge in [0.05, 0.1) is 18.6 Å². The van der Waals surface area contributed by atoms with Gasteiger partial charge in [0.1, 0.15) is 5.75 Å². The summed E-state index contributed by atoms with van der Waals surface area (Å²) in [6, 6.07) is 14.2. The van der Waals surface area contributed by atoms with Crippen molar-refractivity contribution >= 4 is 35.6 Å². The Kier molecular flexibility index (Phi) is 10.2. The van der Waals surface area contributed by atoms with Gasteiger partial charge in [-0.1, -0.05) is 37.3 Å². The van der Waals surface area contributed by atoms with Crippen LogP contribution in [-0.2, 0) is 13.1 Å². The number of para-hydroxylation sites is 1. The van der Waals surface area contributed by atoms with Crippen LogP contribution in [0.1, 0.15) is 24.5 Å². The number of nitrogens with zero attached hydrogens (tertiary/aromatic N) is 2. The predicted octanol–water partition coefficient (Wildman–Crippen LogP) is 3.87. The molecule has 0 atom stereocenters.